The second kappa shape index (κ2) is 4.50. The van der Waals surface area contributed by atoms with Gasteiger partial charge < -0.3 is 4.98 Å². The first-order valence-corrected chi connectivity index (χ1v) is 6.66. The van der Waals surface area contributed by atoms with Gasteiger partial charge in [0.25, 0.3) is 0 Å². The highest BCUT2D eigenvalue weighted by molar-refractivity contribution is 7.32. The van der Waals surface area contributed by atoms with E-state index in [4.69, 9.17) is 9.42 Å². The number of fused-ring (bicyclic) bond motifs is 3. The molecule has 0 aliphatic carbocycles. The Labute approximate surface area is 104 Å². The number of hydrogen-bond acceptors (Lipinski definition) is 2. The van der Waals surface area contributed by atoms with Crippen LogP contribution in [0.3, 0.4) is 0 Å². The molecule has 0 saturated heterocycles. The summed E-state index contributed by atoms with van der Waals surface area (Å²) in [6, 6.07) is 13.8. The van der Waals surface area contributed by atoms with Crippen LogP contribution in [0.1, 0.15) is 5.56 Å². The van der Waals surface area contributed by atoms with Gasteiger partial charge in [0.2, 0.25) is 0 Å². The molecular formula is C13H11NO3P+. The highest BCUT2D eigenvalue weighted by Gasteiger charge is 2.14. The molecule has 0 saturated carbocycles. The minimum atomic E-state index is -2.57. The lowest BCUT2D eigenvalue weighted by molar-refractivity contribution is 0.273. The van der Waals surface area contributed by atoms with Crippen molar-refractivity contribution in [2.24, 2.45) is 0 Å². The summed E-state index contributed by atoms with van der Waals surface area (Å²) in [6.45, 7) is 0.121. The maximum atomic E-state index is 10.6. The Morgan fingerprint density at radius 3 is 2.72 bits per heavy atom. The lowest BCUT2D eigenvalue weighted by Crippen LogP contribution is -1.87. The predicted octanol–water partition coefficient (Wildman–Crippen LogP) is 3.49. The van der Waals surface area contributed by atoms with Crippen molar-refractivity contribution in [3.63, 3.8) is 0 Å². The van der Waals surface area contributed by atoms with E-state index < -0.39 is 8.25 Å². The van der Waals surface area contributed by atoms with E-state index in [1.165, 1.54) is 0 Å². The molecule has 0 radical (unpaired) electrons. The maximum absolute atomic E-state index is 10.6. The van der Waals surface area contributed by atoms with Crippen LogP contribution in [0.5, 0.6) is 0 Å². The van der Waals surface area contributed by atoms with Gasteiger partial charge in [-0.3, -0.25) is 0 Å². The highest BCUT2D eigenvalue weighted by Crippen LogP contribution is 2.29. The van der Waals surface area contributed by atoms with Gasteiger partial charge in [0.15, 0.2) is 0 Å². The molecule has 1 heterocycles. The van der Waals surface area contributed by atoms with E-state index >= 15 is 0 Å². The van der Waals surface area contributed by atoms with Gasteiger partial charge in [-0.2, -0.15) is 0 Å². The van der Waals surface area contributed by atoms with E-state index in [1.54, 1.807) is 0 Å². The molecule has 3 rings (SSSR count). The zero-order valence-electron chi connectivity index (χ0n) is 9.46. The van der Waals surface area contributed by atoms with Crippen molar-refractivity contribution >= 4 is 30.1 Å². The van der Waals surface area contributed by atoms with Crippen LogP contribution in [0.15, 0.2) is 42.5 Å². The normalized spacial score (nSPS) is 12.2. The van der Waals surface area contributed by atoms with Crippen LogP contribution < -0.4 is 0 Å². The molecule has 2 aromatic carbocycles. The van der Waals surface area contributed by atoms with Crippen molar-refractivity contribution in [2.45, 2.75) is 6.61 Å². The van der Waals surface area contributed by atoms with Crippen LogP contribution in [-0.2, 0) is 15.7 Å². The summed E-state index contributed by atoms with van der Waals surface area (Å²) in [6.07, 6.45) is 0. The van der Waals surface area contributed by atoms with Crippen LogP contribution in [0.25, 0.3) is 21.8 Å². The minimum absolute atomic E-state index is 0.121. The average molecular weight is 260 g/mol. The first kappa shape index (κ1) is 11.4. The van der Waals surface area contributed by atoms with Gasteiger partial charge in [0.05, 0.1) is 5.52 Å². The number of aromatic nitrogens is 1. The minimum Gasteiger partial charge on any atom is -0.354 e. The molecule has 0 aliphatic rings. The molecule has 3 aromatic rings. The summed E-state index contributed by atoms with van der Waals surface area (Å²) in [5.41, 5.74) is 2.88. The number of aromatic amines is 1. The standard InChI is InChI=1S/C13H10NO3P/c15-18(16)17-8-9-4-3-6-11-10-5-1-2-7-12(10)14-13(9)11/h1-7,14H,8H2/p+1. The molecule has 0 amide bonds. The van der Waals surface area contributed by atoms with Crippen molar-refractivity contribution < 1.29 is 14.0 Å². The fourth-order valence-electron chi connectivity index (χ4n) is 2.18. The van der Waals surface area contributed by atoms with E-state index in [-0.39, 0.29) is 6.61 Å². The SMILES string of the molecule is O=[P+](O)OCc1cccc2c1[nH]c1ccccc12. The molecule has 18 heavy (non-hydrogen) atoms. The van der Waals surface area contributed by atoms with E-state index in [1.807, 2.05) is 42.5 Å². The topological polar surface area (TPSA) is 62.3 Å². The Bertz CT molecular complexity index is 735. The van der Waals surface area contributed by atoms with Crippen LogP contribution in [0, 0.1) is 0 Å². The summed E-state index contributed by atoms with van der Waals surface area (Å²) < 4.78 is 15.4. The third-order valence-electron chi connectivity index (χ3n) is 2.96. The summed E-state index contributed by atoms with van der Waals surface area (Å²) in [5.74, 6) is 0. The third kappa shape index (κ3) is 1.91. The van der Waals surface area contributed by atoms with Crippen molar-refractivity contribution in [3.05, 3.63) is 48.0 Å². The van der Waals surface area contributed by atoms with Gasteiger partial charge >= 0.3 is 8.25 Å². The number of rotatable bonds is 3. The monoisotopic (exact) mass is 260 g/mol. The van der Waals surface area contributed by atoms with E-state index in [2.05, 4.69) is 4.98 Å². The third-order valence-corrected chi connectivity index (χ3v) is 3.31. The number of H-pyrrole nitrogens is 1. The van der Waals surface area contributed by atoms with Crippen molar-refractivity contribution in [2.75, 3.05) is 0 Å². The van der Waals surface area contributed by atoms with E-state index in [9.17, 15) is 4.57 Å². The molecule has 1 aromatic heterocycles. The van der Waals surface area contributed by atoms with Crippen molar-refractivity contribution in [1.29, 1.82) is 0 Å². The average Bonchev–Trinajstić information content (AvgIpc) is 2.75. The first-order chi connectivity index (χ1) is 8.75. The van der Waals surface area contributed by atoms with Gasteiger partial charge in [-0.15, -0.1) is 9.42 Å². The van der Waals surface area contributed by atoms with Crippen molar-refractivity contribution in [3.8, 4) is 0 Å². The van der Waals surface area contributed by atoms with Gasteiger partial charge in [-0.25, -0.2) is 0 Å². The van der Waals surface area contributed by atoms with Crippen LogP contribution in [0.4, 0.5) is 0 Å². The molecule has 1 unspecified atom stereocenters. The number of para-hydroxylation sites is 2. The fourth-order valence-corrected chi connectivity index (χ4v) is 2.43. The molecule has 0 fully saturated rings. The van der Waals surface area contributed by atoms with E-state index in [0.29, 0.717) is 0 Å². The first-order valence-electron chi connectivity index (χ1n) is 5.53. The zero-order chi connectivity index (χ0) is 12.5. The lowest BCUT2D eigenvalue weighted by atomic mass is 10.1. The Balaban J connectivity index is 2.18. The summed E-state index contributed by atoms with van der Waals surface area (Å²) in [5, 5.41) is 2.24. The van der Waals surface area contributed by atoms with Gasteiger partial charge in [0, 0.05) is 26.4 Å². The Hall–Kier alpha value is -1.74. The maximum Gasteiger partial charge on any atom is 0.695 e. The van der Waals surface area contributed by atoms with Crippen LogP contribution in [0.2, 0.25) is 0 Å². The molecule has 0 spiro atoms. The van der Waals surface area contributed by atoms with Gasteiger partial charge in [-0.1, -0.05) is 36.4 Å². The van der Waals surface area contributed by atoms with Crippen LogP contribution in [-0.4, -0.2) is 9.88 Å². The number of nitrogens with one attached hydrogen (secondary N) is 1. The molecule has 2 N–H and O–H groups in total. The lowest BCUT2D eigenvalue weighted by Gasteiger charge is -1.97. The molecule has 4 nitrogen and oxygen atoms in total. The zero-order valence-corrected chi connectivity index (χ0v) is 10.4. The molecule has 0 bridgehead atoms. The molecule has 5 heteroatoms. The smallest absolute Gasteiger partial charge is 0.354 e. The van der Waals surface area contributed by atoms with Gasteiger partial charge in [0.1, 0.15) is 6.61 Å². The van der Waals surface area contributed by atoms with Crippen molar-refractivity contribution in [1.82, 2.24) is 4.98 Å². The number of hydrogen-bond donors (Lipinski definition) is 2. The fraction of sp³-hybridized carbons (Fsp3) is 0.0769. The second-order valence-corrected chi connectivity index (χ2v) is 4.76. The quantitative estimate of drug-likeness (QED) is 0.708. The predicted molar refractivity (Wildman–Crippen MR) is 70.4 cm³/mol. The Kier molecular flexibility index (Phi) is 2.84. The van der Waals surface area contributed by atoms with Gasteiger partial charge in [-0.05, 0) is 6.07 Å². The summed E-state index contributed by atoms with van der Waals surface area (Å²) >= 11 is 0. The molecule has 90 valence electrons. The summed E-state index contributed by atoms with van der Waals surface area (Å²) in [7, 11) is -2.57. The van der Waals surface area contributed by atoms with Crippen LogP contribution >= 0.6 is 8.25 Å². The summed E-state index contributed by atoms with van der Waals surface area (Å²) in [4.78, 5) is 12.0. The molecule has 0 aliphatic heterocycles. The molecule has 1 atom stereocenters. The Morgan fingerprint density at radius 2 is 1.89 bits per heavy atom. The Morgan fingerprint density at radius 1 is 1.11 bits per heavy atom. The second-order valence-electron chi connectivity index (χ2n) is 4.02. The van der Waals surface area contributed by atoms with E-state index in [0.717, 1.165) is 27.4 Å². The highest BCUT2D eigenvalue weighted by atomic mass is 31.1. The largest absolute Gasteiger partial charge is 0.695 e. The molecular weight excluding hydrogens is 249 g/mol. The number of benzene rings is 2.